The van der Waals surface area contributed by atoms with Crippen molar-refractivity contribution < 1.29 is 0 Å². The lowest BCUT2D eigenvalue weighted by Gasteiger charge is -2.37. The molecule has 0 bridgehead atoms. The number of aryl methyl sites for hydroxylation is 12. The van der Waals surface area contributed by atoms with Crippen LogP contribution in [0.1, 0.15) is 68.3 Å². The van der Waals surface area contributed by atoms with Crippen molar-refractivity contribution >= 4 is 22.5 Å². The molecule has 1 aliphatic heterocycles. The summed E-state index contributed by atoms with van der Waals surface area (Å²) in [6.45, 7) is 24.2. The smallest absolute Gasteiger partial charge is 0.196 e. The summed E-state index contributed by atoms with van der Waals surface area (Å²) < 4.78 is 29.8. The van der Waals surface area contributed by atoms with Gasteiger partial charge in [0.1, 0.15) is 0 Å². The van der Waals surface area contributed by atoms with E-state index < -0.39 is 22.5 Å². The van der Waals surface area contributed by atoms with Gasteiger partial charge in [-0.1, -0.05) is 0 Å². The van der Waals surface area contributed by atoms with E-state index in [2.05, 4.69) is 36.4 Å². The summed E-state index contributed by atoms with van der Waals surface area (Å²) in [6.07, 6.45) is 0. The lowest BCUT2D eigenvalue weighted by Crippen LogP contribution is -2.21. The molecule has 0 fully saturated rings. The Morgan fingerprint density at radius 2 is 0.438 bits per heavy atom. The van der Waals surface area contributed by atoms with Gasteiger partial charge >= 0.3 is 22.5 Å². The van der Waals surface area contributed by atoms with Crippen LogP contribution in [0.2, 0.25) is 0 Å². The molecule has 0 spiro atoms. The maximum Gasteiger partial charge on any atom is 0.314 e. The zero-order chi connectivity index (χ0) is 34.5. The predicted octanol–water partition coefficient (Wildman–Crippen LogP) is 8.01. The SMILES string of the molecule is Cc1cc(C)n(P2(n3nc(C)cc3C)=NP(n3nc(C)cc3C)(n3nc(C)cc3C)=NP(n3nc(C)cc3C)(n3nc(C)cc3C)=N2)n1. The molecule has 6 aromatic heterocycles. The minimum absolute atomic E-state index is 0.851. The van der Waals surface area contributed by atoms with Crippen LogP contribution in [-0.4, -0.2) is 57.3 Å². The van der Waals surface area contributed by atoms with Crippen molar-refractivity contribution in [3.63, 3.8) is 0 Å². The highest BCUT2D eigenvalue weighted by molar-refractivity contribution is 7.84. The van der Waals surface area contributed by atoms with Crippen LogP contribution in [0.25, 0.3) is 0 Å². The Bertz CT molecular complexity index is 2000. The van der Waals surface area contributed by atoms with Crippen LogP contribution >= 0.6 is 22.5 Å². The van der Waals surface area contributed by atoms with Gasteiger partial charge < -0.3 is 0 Å². The van der Waals surface area contributed by atoms with Crippen molar-refractivity contribution in [2.24, 2.45) is 13.5 Å². The third-order valence-electron chi connectivity index (χ3n) is 8.16. The van der Waals surface area contributed by atoms with E-state index >= 15 is 0 Å². The van der Waals surface area contributed by atoms with Crippen LogP contribution in [0, 0.1) is 83.1 Å². The highest BCUT2D eigenvalue weighted by Crippen LogP contribution is 2.80. The average molecular weight is 706 g/mol. The molecular formula is C30H42N15P3. The Morgan fingerprint density at radius 1 is 0.292 bits per heavy atom. The van der Waals surface area contributed by atoms with Gasteiger partial charge in [-0.25, -0.2) is 0 Å². The van der Waals surface area contributed by atoms with E-state index in [0.717, 1.165) is 68.3 Å². The zero-order valence-electron chi connectivity index (χ0n) is 29.5. The minimum atomic E-state index is -3.45. The summed E-state index contributed by atoms with van der Waals surface area (Å²) in [5.74, 6) is 0. The van der Waals surface area contributed by atoms with Gasteiger partial charge in [-0.15, -0.1) is 0 Å². The molecule has 0 atom stereocenters. The molecule has 0 aliphatic carbocycles. The number of nitrogens with zero attached hydrogens (tertiary/aromatic N) is 15. The first-order chi connectivity index (χ1) is 22.6. The first-order valence-corrected chi connectivity index (χ1v) is 20.5. The van der Waals surface area contributed by atoms with Crippen molar-refractivity contribution in [2.75, 3.05) is 0 Å². The molecule has 7 rings (SSSR count). The molecule has 0 radical (unpaired) electrons. The fourth-order valence-corrected chi connectivity index (χ4v) is 20.4. The molecule has 7 heterocycles. The van der Waals surface area contributed by atoms with Crippen LogP contribution in [0.4, 0.5) is 0 Å². The quantitative estimate of drug-likeness (QED) is 0.161. The molecule has 1 aliphatic rings. The summed E-state index contributed by atoms with van der Waals surface area (Å²) in [6, 6.07) is 12.4. The largest absolute Gasteiger partial charge is 0.314 e. The summed E-state index contributed by atoms with van der Waals surface area (Å²) in [5.41, 5.74) is 10.5. The Hall–Kier alpha value is -4.05. The van der Waals surface area contributed by atoms with Gasteiger partial charge in [0.25, 0.3) is 0 Å². The van der Waals surface area contributed by atoms with Crippen molar-refractivity contribution in [1.82, 2.24) is 57.3 Å². The molecule has 0 unspecified atom stereocenters. The van der Waals surface area contributed by atoms with E-state index in [1.54, 1.807) is 0 Å². The number of hydrogen-bond acceptors (Lipinski definition) is 9. The molecule has 252 valence electrons. The van der Waals surface area contributed by atoms with Crippen LogP contribution < -0.4 is 0 Å². The highest BCUT2D eigenvalue weighted by Gasteiger charge is 2.49. The third kappa shape index (κ3) is 4.73. The van der Waals surface area contributed by atoms with Crippen LogP contribution in [0.3, 0.4) is 0 Å². The van der Waals surface area contributed by atoms with E-state index in [-0.39, 0.29) is 0 Å². The highest BCUT2D eigenvalue weighted by atomic mass is 31.3. The van der Waals surface area contributed by atoms with Gasteiger partial charge in [-0.2, -0.15) is 70.9 Å². The Balaban J connectivity index is 1.89. The van der Waals surface area contributed by atoms with Gasteiger partial charge in [0.05, 0.1) is 34.2 Å². The molecule has 15 nitrogen and oxygen atoms in total. The van der Waals surface area contributed by atoms with Gasteiger partial charge in [0.15, 0.2) is 0 Å². The van der Waals surface area contributed by atoms with Crippen molar-refractivity contribution in [1.29, 1.82) is 0 Å². The van der Waals surface area contributed by atoms with Crippen LogP contribution in [0.5, 0.6) is 0 Å². The molecule has 0 N–H and O–H groups in total. The van der Waals surface area contributed by atoms with Crippen molar-refractivity contribution in [3.05, 3.63) is 105 Å². The van der Waals surface area contributed by atoms with Gasteiger partial charge in [-0.3, -0.25) is 0 Å². The first-order valence-electron chi connectivity index (χ1n) is 15.7. The van der Waals surface area contributed by atoms with Gasteiger partial charge in [0, 0.05) is 34.2 Å². The molecule has 0 saturated carbocycles. The fraction of sp³-hybridized carbons (Fsp3) is 0.400. The summed E-state index contributed by atoms with van der Waals surface area (Å²) in [5, 5.41) is 30.9. The minimum Gasteiger partial charge on any atom is -0.196 e. The summed E-state index contributed by atoms with van der Waals surface area (Å²) in [4.78, 5) is 0. The predicted molar refractivity (Wildman–Crippen MR) is 191 cm³/mol. The Kier molecular flexibility index (Phi) is 7.44. The number of rotatable bonds is 6. The average Bonchev–Trinajstić information content (AvgIpc) is 3.83. The molecule has 0 amide bonds. The summed E-state index contributed by atoms with van der Waals surface area (Å²) in [7, 11) is -10.4. The zero-order valence-corrected chi connectivity index (χ0v) is 32.2. The maximum atomic E-state index is 5.98. The molecule has 0 saturated heterocycles. The van der Waals surface area contributed by atoms with Gasteiger partial charge in [-0.05, 0) is 119 Å². The lowest BCUT2D eigenvalue weighted by atomic mass is 10.4. The van der Waals surface area contributed by atoms with E-state index in [1.807, 2.05) is 110 Å². The fourth-order valence-electron chi connectivity index (χ4n) is 6.56. The van der Waals surface area contributed by atoms with Gasteiger partial charge in [0.2, 0.25) is 0 Å². The van der Waals surface area contributed by atoms with E-state index in [4.69, 9.17) is 44.1 Å². The second-order valence-corrected chi connectivity index (χ2v) is 20.4. The molecule has 0 aromatic carbocycles. The molecule has 48 heavy (non-hydrogen) atoms. The topological polar surface area (TPSA) is 144 Å². The second kappa shape index (κ2) is 11.0. The normalized spacial score (nSPS) is 16.5. The van der Waals surface area contributed by atoms with Crippen LogP contribution in [-0.2, 0) is 0 Å². The second-order valence-electron chi connectivity index (χ2n) is 12.8. The van der Waals surface area contributed by atoms with Crippen molar-refractivity contribution in [2.45, 2.75) is 83.1 Å². The third-order valence-corrected chi connectivity index (χ3v) is 19.4. The molecule has 6 aromatic rings. The van der Waals surface area contributed by atoms with Crippen molar-refractivity contribution in [3.8, 4) is 0 Å². The van der Waals surface area contributed by atoms with Crippen LogP contribution in [0.15, 0.2) is 49.9 Å². The lowest BCUT2D eigenvalue weighted by molar-refractivity contribution is 0.804. The Labute approximate surface area is 280 Å². The van der Waals surface area contributed by atoms with E-state index in [1.165, 1.54) is 0 Å². The van der Waals surface area contributed by atoms with E-state index in [0.29, 0.717) is 0 Å². The summed E-state index contributed by atoms with van der Waals surface area (Å²) >= 11 is 0. The standard InChI is InChI=1S/C30H42N15P3/c1-19-13-25(7)40(31-19)46(41-26(8)14-20(2)32-41)37-47(42-27(9)15-21(3)33-42,43-28(10)16-22(4)34-43)39-48(38-46,44-29(11)17-23(5)35-44)45-30(12)18-24(6)36-45/h13-18H,1-12H3. The Morgan fingerprint density at radius 3 is 0.542 bits per heavy atom. The first kappa shape index (κ1) is 32.5. The monoisotopic (exact) mass is 705 g/mol. The van der Waals surface area contributed by atoms with E-state index in [9.17, 15) is 0 Å². The molecule has 18 heteroatoms. The number of aromatic nitrogens is 12. The number of hydrogen-bond donors (Lipinski definition) is 0. The molecular weight excluding hydrogens is 663 g/mol. The maximum absolute atomic E-state index is 5.98.